The fraction of sp³-hybridized carbons (Fsp3) is 0.281. The first-order valence-electron chi connectivity index (χ1n) is 14.4. The summed E-state index contributed by atoms with van der Waals surface area (Å²) in [4.78, 5) is 47.0. The molecule has 0 saturated heterocycles. The van der Waals surface area contributed by atoms with Crippen LogP contribution in [-0.4, -0.2) is 73.1 Å². The van der Waals surface area contributed by atoms with Crippen LogP contribution in [-0.2, 0) is 12.7 Å². The average Bonchev–Trinajstić information content (AvgIpc) is 3.03. The van der Waals surface area contributed by atoms with Gasteiger partial charge in [0, 0.05) is 50.2 Å². The van der Waals surface area contributed by atoms with Crippen molar-refractivity contribution in [2.75, 3.05) is 66.6 Å². The van der Waals surface area contributed by atoms with Crippen LogP contribution in [0, 0.1) is 6.92 Å². The largest absolute Gasteiger partial charge is 0.416 e. The number of amides is 3. The number of urea groups is 1. The number of aryl methyl sites for hydroxylation is 1. The number of alkyl halides is 3. The van der Waals surface area contributed by atoms with E-state index in [0.29, 0.717) is 34.4 Å². The lowest BCUT2D eigenvalue weighted by Gasteiger charge is -2.35. The third-order valence-corrected chi connectivity index (χ3v) is 7.49. The van der Waals surface area contributed by atoms with Crippen LogP contribution in [0.1, 0.15) is 27.0 Å². The van der Waals surface area contributed by atoms with E-state index in [4.69, 9.17) is 0 Å². The van der Waals surface area contributed by atoms with Crippen LogP contribution in [0.4, 0.5) is 52.6 Å². The first-order chi connectivity index (χ1) is 21.8. The number of pyridine rings is 1. The summed E-state index contributed by atoms with van der Waals surface area (Å²) in [6.45, 7) is 3.71. The Morgan fingerprint density at radius 2 is 1.74 bits per heavy atom. The molecule has 2 aromatic heterocycles. The molecule has 1 aliphatic heterocycles. The zero-order valence-electron chi connectivity index (χ0n) is 26.1. The number of fused-ring (bicyclic) bond motifs is 1. The molecule has 0 spiro atoms. The minimum Gasteiger partial charge on any atom is -0.358 e. The lowest BCUT2D eigenvalue weighted by molar-refractivity contribution is -0.137. The van der Waals surface area contributed by atoms with Gasteiger partial charge in [0.15, 0.2) is 0 Å². The normalized spacial score (nSPS) is 13.1. The number of nitrogens with zero attached hydrogens (tertiary/aromatic N) is 7. The molecule has 46 heavy (non-hydrogen) atoms. The van der Waals surface area contributed by atoms with Crippen molar-refractivity contribution >= 4 is 46.6 Å². The lowest BCUT2D eigenvalue weighted by atomic mass is 10.1. The average molecular weight is 634 g/mol. The van der Waals surface area contributed by atoms with E-state index in [-0.39, 0.29) is 18.1 Å². The highest BCUT2D eigenvalue weighted by atomic mass is 19.4. The maximum absolute atomic E-state index is 13.6. The van der Waals surface area contributed by atoms with Gasteiger partial charge in [0.25, 0.3) is 5.91 Å². The molecule has 0 unspecified atom stereocenters. The molecule has 3 heterocycles. The summed E-state index contributed by atoms with van der Waals surface area (Å²) in [6, 6.07) is 12.6. The monoisotopic (exact) mass is 633 g/mol. The minimum absolute atomic E-state index is 0.139. The molecule has 0 radical (unpaired) electrons. The predicted molar refractivity (Wildman–Crippen MR) is 172 cm³/mol. The van der Waals surface area contributed by atoms with E-state index in [9.17, 15) is 22.8 Å². The number of aromatic nitrogens is 3. The Morgan fingerprint density at radius 1 is 0.978 bits per heavy atom. The van der Waals surface area contributed by atoms with E-state index >= 15 is 0 Å². The van der Waals surface area contributed by atoms with Crippen LogP contribution in [0.15, 0.2) is 67.0 Å². The highest BCUT2D eigenvalue weighted by molar-refractivity contribution is 6.07. The minimum atomic E-state index is -4.57. The summed E-state index contributed by atoms with van der Waals surface area (Å²) in [6.07, 6.45) is -1.23. The molecule has 0 saturated carbocycles. The lowest BCUT2D eigenvalue weighted by Crippen LogP contribution is -2.46. The van der Waals surface area contributed by atoms with Crippen molar-refractivity contribution in [2.45, 2.75) is 19.6 Å². The van der Waals surface area contributed by atoms with Crippen LogP contribution >= 0.6 is 0 Å². The van der Waals surface area contributed by atoms with Crippen molar-refractivity contribution in [1.29, 1.82) is 0 Å². The van der Waals surface area contributed by atoms with Crippen LogP contribution in [0.5, 0.6) is 0 Å². The Morgan fingerprint density at radius 3 is 2.43 bits per heavy atom. The van der Waals surface area contributed by atoms with Gasteiger partial charge in [-0.2, -0.15) is 18.2 Å². The number of halogens is 3. The summed E-state index contributed by atoms with van der Waals surface area (Å²) >= 11 is 0. The molecule has 2 aromatic carbocycles. The molecule has 0 fully saturated rings. The van der Waals surface area contributed by atoms with E-state index in [0.717, 1.165) is 36.6 Å². The summed E-state index contributed by atoms with van der Waals surface area (Å²) in [7, 11) is 7.63. The fourth-order valence-corrected chi connectivity index (χ4v) is 4.86. The van der Waals surface area contributed by atoms with Crippen molar-refractivity contribution in [3.8, 4) is 0 Å². The van der Waals surface area contributed by atoms with Crippen molar-refractivity contribution in [3.05, 3.63) is 89.2 Å². The molecule has 2 N–H and O–H groups in total. The molecular weight excluding hydrogens is 599 g/mol. The maximum Gasteiger partial charge on any atom is 0.416 e. The predicted octanol–water partition coefficient (Wildman–Crippen LogP) is 5.77. The van der Waals surface area contributed by atoms with Crippen LogP contribution in [0.2, 0.25) is 0 Å². The van der Waals surface area contributed by atoms with Crippen LogP contribution in [0.3, 0.4) is 0 Å². The van der Waals surface area contributed by atoms with E-state index in [1.165, 1.54) is 21.9 Å². The number of likely N-dealkylation sites (N-methyl/N-ethyl adjacent to an activating group) is 2. The van der Waals surface area contributed by atoms with Crippen LogP contribution < -0.4 is 25.3 Å². The molecule has 14 heteroatoms. The number of carbonyl (C=O) groups is 2. The van der Waals surface area contributed by atoms with Gasteiger partial charge in [-0.3, -0.25) is 14.6 Å². The third-order valence-electron chi connectivity index (χ3n) is 7.49. The topological polar surface area (TPSA) is 110 Å². The van der Waals surface area contributed by atoms with Crippen molar-refractivity contribution in [2.24, 2.45) is 0 Å². The Kier molecular flexibility index (Phi) is 9.10. The zero-order chi connectivity index (χ0) is 33.2. The van der Waals surface area contributed by atoms with Gasteiger partial charge in [0.2, 0.25) is 5.95 Å². The first-order valence-corrected chi connectivity index (χ1v) is 14.4. The van der Waals surface area contributed by atoms with Gasteiger partial charge in [-0.25, -0.2) is 14.8 Å². The van der Waals surface area contributed by atoms with Gasteiger partial charge in [-0.1, -0.05) is 12.1 Å². The molecule has 1 aliphatic rings. The number of anilines is 6. The summed E-state index contributed by atoms with van der Waals surface area (Å²) in [5.41, 5.74) is 1.93. The Hall–Kier alpha value is -5.24. The van der Waals surface area contributed by atoms with Gasteiger partial charge in [-0.05, 0) is 69.0 Å². The third kappa shape index (κ3) is 7.18. The number of carbonyl (C=O) groups excluding carboxylic acids is 2. The molecule has 5 rings (SSSR count). The Balaban J connectivity index is 1.30. The first kappa shape index (κ1) is 32.2. The van der Waals surface area contributed by atoms with Gasteiger partial charge in [0.05, 0.1) is 29.7 Å². The smallest absolute Gasteiger partial charge is 0.358 e. The van der Waals surface area contributed by atoms with Crippen molar-refractivity contribution in [3.63, 3.8) is 0 Å². The van der Waals surface area contributed by atoms with Gasteiger partial charge < -0.3 is 20.4 Å². The van der Waals surface area contributed by atoms with Crippen molar-refractivity contribution in [1.82, 2.24) is 19.9 Å². The molecular formula is C32H34F3N9O2. The van der Waals surface area contributed by atoms with Gasteiger partial charge >= 0.3 is 12.2 Å². The molecule has 0 aliphatic carbocycles. The summed E-state index contributed by atoms with van der Waals surface area (Å²) in [5, 5.41) is 5.78. The quantitative estimate of drug-likeness (QED) is 0.239. The second-order valence-electron chi connectivity index (χ2n) is 11.3. The Bertz CT molecular complexity index is 1750. The van der Waals surface area contributed by atoms with E-state index in [1.54, 1.807) is 37.6 Å². The number of hydrogen-bond donors (Lipinski definition) is 2. The maximum atomic E-state index is 13.6. The second-order valence-corrected chi connectivity index (χ2v) is 11.3. The number of nitrogens with one attached hydrogen (secondary N) is 2. The SMILES string of the molecule is Cc1ccc(NC(=O)c2cccc(C(F)(F)F)c2)cc1N1Cc2cnc(Nc3ccc(N(C)CCN(C)C)nc3)nc2N(C)C1=O. The van der Waals surface area contributed by atoms with Gasteiger partial charge in [0.1, 0.15) is 11.6 Å². The number of benzene rings is 2. The number of rotatable bonds is 9. The highest BCUT2D eigenvalue weighted by Gasteiger charge is 2.32. The second kappa shape index (κ2) is 13.0. The number of hydrogen-bond acceptors (Lipinski definition) is 8. The molecule has 0 atom stereocenters. The molecule has 3 amide bonds. The summed E-state index contributed by atoms with van der Waals surface area (Å²) < 4.78 is 39.4. The van der Waals surface area contributed by atoms with E-state index < -0.39 is 17.6 Å². The standard InChI is InChI=1S/C32H34F3N9O2/c1-20-9-10-24(38-29(45)21-7-6-8-23(15-21)32(33,34)35)16-26(20)44-19-22-17-37-30(40-28(22)43(5)31(44)46)39-25-11-12-27(36-18-25)42(4)14-13-41(2)3/h6-12,15-18H,13-14,19H2,1-5H3,(H,38,45)(H,37,39,40). The molecule has 4 aromatic rings. The fourth-order valence-electron chi connectivity index (χ4n) is 4.86. The summed E-state index contributed by atoms with van der Waals surface area (Å²) in [5.74, 6) is 0.873. The zero-order valence-corrected chi connectivity index (χ0v) is 26.1. The molecule has 11 nitrogen and oxygen atoms in total. The Labute approximate surface area is 264 Å². The van der Waals surface area contributed by atoms with E-state index in [2.05, 4.69) is 35.4 Å². The van der Waals surface area contributed by atoms with E-state index in [1.807, 2.05) is 40.2 Å². The highest BCUT2D eigenvalue weighted by Crippen LogP contribution is 2.34. The molecule has 0 bridgehead atoms. The van der Waals surface area contributed by atoms with Gasteiger partial charge in [-0.15, -0.1) is 0 Å². The molecule has 240 valence electrons. The van der Waals surface area contributed by atoms with Crippen LogP contribution in [0.25, 0.3) is 0 Å². The van der Waals surface area contributed by atoms with Crippen molar-refractivity contribution < 1.29 is 22.8 Å².